The zero-order valence-electron chi connectivity index (χ0n) is 18.7. The summed E-state index contributed by atoms with van der Waals surface area (Å²) in [6.45, 7) is 6.85. The van der Waals surface area contributed by atoms with Crippen LogP contribution in [0.3, 0.4) is 0 Å². The fraction of sp³-hybridized carbons (Fsp3) is 0.0968. The van der Waals surface area contributed by atoms with E-state index in [0.29, 0.717) is 0 Å². The van der Waals surface area contributed by atoms with Gasteiger partial charge in [-0.05, 0) is 90.3 Å². The van der Waals surface area contributed by atoms with E-state index < -0.39 is 8.07 Å². The molecule has 0 nitrogen and oxygen atoms in total. The highest BCUT2D eigenvalue weighted by molar-refractivity contribution is 6.83. The molecule has 0 N–H and O–H groups in total. The zero-order chi connectivity index (χ0) is 21.9. The Bertz CT molecular complexity index is 1760. The topological polar surface area (TPSA) is 0 Å². The maximum absolute atomic E-state index is 3.48. The molecule has 1 heteroatoms. The Morgan fingerprint density at radius 1 is 0.469 bits per heavy atom. The summed E-state index contributed by atoms with van der Waals surface area (Å²) in [5.41, 5.74) is 4.59. The first kappa shape index (κ1) is 19.1. The van der Waals surface area contributed by atoms with Gasteiger partial charge >= 0.3 is 0 Å². The highest BCUT2D eigenvalue weighted by Gasteiger charge is 2.09. The quantitative estimate of drug-likeness (QED) is 0.0990. The molecule has 6 aromatic rings. The van der Waals surface area contributed by atoms with Gasteiger partial charge in [0.2, 0.25) is 0 Å². The average Bonchev–Trinajstić information content (AvgIpc) is 2.79. The number of benzene rings is 6. The van der Waals surface area contributed by atoms with E-state index in [1.165, 1.54) is 53.9 Å². The van der Waals surface area contributed by atoms with Crippen LogP contribution in [-0.4, -0.2) is 8.07 Å². The van der Waals surface area contributed by atoms with Crippen LogP contribution >= 0.6 is 0 Å². The Morgan fingerprint density at radius 3 is 1.62 bits per heavy atom. The molecule has 0 amide bonds. The standard InChI is InChI=1S/C31H24Si/c1-32(2,3)15-14-21-8-9-24-20-31-26(18-27(24)16-21)11-13-28-29(31)12-10-25-17-22-6-4-5-7-23(22)19-30(25)28/h4-13,16-20H,1-3H3. The van der Waals surface area contributed by atoms with Gasteiger partial charge < -0.3 is 0 Å². The van der Waals surface area contributed by atoms with Crippen molar-refractivity contribution in [2.24, 2.45) is 0 Å². The Balaban J connectivity index is 1.59. The second kappa shape index (κ2) is 6.95. The highest BCUT2D eigenvalue weighted by Crippen LogP contribution is 2.35. The summed E-state index contributed by atoms with van der Waals surface area (Å²) in [7, 11) is -1.38. The minimum Gasteiger partial charge on any atom is -0.127 e. The van der Waals surface area contributed by atoms with E-state index in [-0.39, 0.29) is 0 Å². The Labute approximate surface area is 189 Å². The van der Waals surface area contributed by atoms with Gasteiger partial charge in [-0.2, -0.15) is 0 Å². The summed E-state index contributed by atoms with van der Waals surface area (Å²) in [6.07, 6.45) is 0. The van der Waals surface area contributed by atoms with Gasteiger partial charge in [0.15, 0.2) is 0 Å². The van der Waals surface area contributed by atoms with Crippen molar-refractivity contribution in [3.05, 3.63) is 96.6 Å². The van der Waals surface area contributed by atoms with Gasteiger partial charge in [-0.3, -0.25) is 0 Å². The van der Waals surface area contributed by atoms with Crippen LogP contribution in [0.15, 0.2) is 91.0 Å². The monoisotopic (exact) mass is 424 g/mol. The molecule has 0 aliphatic rings. The predicted octanol–water partition coefficient (Wildman–Crippen LogP) is 8.68. The van der Waals surface area contributed by atoms with Crippen molar-refractivity contribution in [3.63, 3.8) is 0 Å². The second-order valence-electron chi connectivity index (χ2n) is 9.78. The van der Waals surface area contributed by atoms with Gasteiger partial charge in [-0.15, -0.1) is 5.54 Å². The first-order valence-electron chi connectivity index (χ1n) is 11.2. The van der Waals surface area contributed by atoms with E-state index in [0.717, 1.165) is 5.56 Å². The molecule has 152 valence electrons. The summed E-state index contributed by atoms with van der Waals surface area (Å²) < 4.78 is 0. The first-order valence-corrected chi connectivity index (χ1v) is 14.7. The van der Waals surface area contributed by atoms with E-state index in [2.05, 4.69) is 122 Å². The zero-order valence-corrected chi connectivity index (χ0v) is 19.7. The van der Waals surface area contributed by atoms with E-state index >= 15 is 0 Å². The van der Waals surface area contributed by atoms with Crippen molar-refractivity contribution in [2.75, 3.05) is 0 Å². The number of hydrogen-bond acceptors (Lipinski definition) is 0. The minimum absolute atomic E-state index is 1.11. The first-order chi connectivity index (χ1) is 15.4. The minimum atomic E-state index is -1.38. The van der Waals surface area contributed by atoms with E-state index in [9.17, 15) is 0 Å². The molecule has 6 rings (SSSR count). The number of rotatable bonds is 0. The summed E-state index contributed by atoms with van der Waals surface area (Å²) in [6, 6.07) is 33.6. The second-order valence-corrected chi connectivity index (χ2v) is 14.5. The molecule has 0 aromatic heterocycles. The molecule has 0 heterocycles. The molecule has 0 radical (unpaired) electrons. The molecule has 0 saturated carbocycles. The maximum atomic E-state index is 3.48. The Kier molecular flexibility index (Phi) is 4.15. The van der Waals surface area contributed by atoms with Gasteiger partial charge in [-0.25, -0.2) is 0 Å². The summed E-state index contributed by atoms with van der Waals surface area (Å²) in [5.74, 6) is 3.40. The molecule has 0 saturated heterocycles. The van der Waals surface area contributed by atoms with Crippen LogP contribution in [0.25, 0.3) is 53.9 Å². The van der Waals surface area contributed by atoms with Crippen molar-refractivity contribution < 1.29 is 0 Å². The Hall–Kier alpha value is -3.60. The molecular weight excluding hydrogens is 400 g/mol. The van der Waals surface area contributed by atoms with E-state index in [1.54, 1.807) is 0 Å². The van der Waals surface area contributed by atoms with Crippen LogP contribution in [0.2, 0.25) is 19.6 Å². The van der Waals surface area contributed by atoms with Crippen molar-refractivity contribution in [3.8, 4) is 11.5 Å². The van der Waals surface area contributed by atoms with E-state index in [4.69, 9.17) is 0 Å². The van der Waals surface area contributed by atoms with Crippen molar-refractivity contribution in [1.82, 2.24) is 0 Å². The van der Waals surface area contributed by atoms with Crippen LogP contribution in [0, 0.1) is 11.5 Å². The van der Waals surface area contributed by atoms with Crippen molar-refractivity contribution >= 4 is 61.9 Å². The van der Waals surface area contributed by atoms with Crippen LogP contribution in [-0.2, 0) is 0 Å². The van der Waals surface area contributed by atoms with Crippen molar-refractivity contribution in [2.45, 2.75) is 19.6 Å². The maximum Gasteiger partial charge on any atom is 0.129 e. The van der Waals surface area contributed by atoms with Gasteiger partial charge in [0.05, 0.1) is 0 Å². The normalized spacial score (nSPS) is 12.0. The van der Waals surface area contributed by atoms with Gasteiger partial charge in [0.25, 0.3) is 0 Å². The highest BCUT2D eigenvalue weighted by atomic mass is 28.3. The number of hydrogen-bond donors (Lipinski definition) is 0. The third-order valence-corrected chi connectivity index (χ3v) is 7.11. The summed E-state index contributed by atoms with van der Waals surface area (Å²) in [4.78, 5) is 0. The molecule has 0 aliphatic heterocycles. The summed E-state index contributed by atoms with van der Waals surface area (Å²) in [5, 5.41) is 12.9. The van der Waals surface area contributed by atoms with Crippen LogP contribution in [0.5, 0.6) is 0 Å². The van der Waals surface area contributed by atoms with Crippen LogP contribution in [0.1, 0.15) is 5.56 Å². The molecular formula is C31H24Si. The molecule has 0 fully saturated rings. The lowest BCUT2D eigenvalue weighted by molar-refractivity contribution is 1.71. The lowest BCUT2D eigenvalue weighted by Gasteiger charge is -2.10. The van der Waals surface area contributed by atoms with Gasteiger partial charge in [-0.1, -0.05) is 80.2 Å². The third kappa shape index (κ3) is 3.25. The largest absolute Gasteiger partial charge is 0.129 e. The van der Waals surface area contributed by atoms with Crippen LogP contribution < -0.4 is 0 Å². The fourth-order valence-electron chi connectivity index (χ4n) is 4.65. The molecule has 0 aliphatic carbocycles. The third-order valence-electron chi connectivity index (χ3n) is 6.24. The van der Waals surface area contributed by atoms with Gasteiger partial charge in [0, 0.05) is 5.56 Å². The van der Waals surface area contributed by atoms with Gasteiger partial charge in [0.1, 0.15) is 8.07 Å². The SMILES string of the molecule is C[Si](C)(C)C#Cc1ccc2cc3c(ccc4c5cc6ccccc6cc5ccc34)cc2c1. The molecule has 0 spiro atoms. The average molecular weight is 425 g/mol. The Morgan fingerprint density at radius 2 is 1.00 bits per heavy atom. The van der Waals surface area contributed by atoms with Crippen molar-refractivity contribution in [1.29, 1.82) is 0 Å². The fourth-order valence-corrected chi connectivity index (χ4v) is 5.17. The molecule has 0 unspecified atom stereocenters. The van der Waals surface area contributed by atoms with E-state index in [1.807, 2.05) is 0 Å². The lowest BCUT2D eigenvalue weighted by atomic mass is 9.93. The molecule has 6 aromatic carbocycles. The smallest absolute Gasteiger partial charge is 0.127 e. The molecule has 0 atom stereocenters. The lowest BCUT2D eigenvalue weighted by Crippen LogP contribution is -2.16. The molecule has 0 bridgehead atoms. The van der Waals surface area contributed by atoms with Crippen LogP contribution in [0.4, 0.5) is 0 Å². The number of fused-ring (bicyclic) bond motifs is 7. The molecule has 32 heavy (non-hydrogen) atoms. The summed E-state index contributed by atoms with van der Waals surface area (Å²) >= 11 is 0. The predicted molar refractivity (Wildman–Crippen MR) is 144 cm³/mol.